The number of hydrogen-bond acceptors (Lipinski definition) is 2. The summed E-state index contributed by atoms with van der Waals surface area (Å²) in [5, 5.41) is 15.4. The maximum atomic E-state index is 8.58. The van der Waals surface area contributed by atoms with Gasteiger partial charge in [-0.2, -0.15) is 5.26 Å². The number of hydrogen-bond donors (Lipinski definition) is 1. The minimum atomic E-state index is 0.273. The maximum absolute atomic E-state index is 8.58. The van der Waals surface area contributed by atoms with Gasteiger partial charge >= 0.3 is 0 Å². The van der Waals surface area contributed by atoms with Crippen LogP contribution < -0.4 is 0 Å². The Bertz CT molecular complexity index is 362. The monoisotopic (exact) mass is 156 g/mol. The first-order chi connectivity index (χ1) is 5.77. The molecule has 2 nitrogen and oxygen atoms in total. The fraction of sp³-hybridized carbons (Fsp3) is 0.100. The van der Waals surface area contributed by atoms with Gasteiger partial charge < -0.3 is 0 Å². The quantitative estimate of drug-likeness (QED) is 0.491. The number of aryl methyl sites for hydroxylation is 1. The highest BCUT2D eigenvalue weighted by Gasteiger charge is 1.97. The molecule has 58 valence electrons. The van der Waals surface area contributed by atoms with Crippen molar-refractivity contribution in [3.63, 3.8) is 0 Å². The van der Waals surface area contributed by atoms with Gasteiger partial charge in [0.15, 0.2) is 0 Å². The number of nitriles is 1. The predicted octanol–water partition coefficient (Wildman–Crippen LogP) is 2.15. The smallest absolute Gasteiger partial charge is 0.120 e. The summed E-state index contributed by atoms with van der Waals surface area (Å²) in [6, 6.07) is 9.35. The molecule has 0 aliphatic rings. The minimum absolute atomic E-state index is 0.273. The fourth-order valence-corrected chi connectivity index (χ4v) is 0.885. The van der Waals surface area contributed by atoms with Crippen molar-refractivity contribution in [2.75, 3.05) is 0 Å². The summed E-state index contributed by atoms with van der Waals surface area (Å²) in [6.07, 6.45) is 0. The van der Waals surface area contributed by atoms with Crippen LogP contribution in [-0.4, -0.2) is 5.87 Å². The van der Waals surface area contributed by atoms with Crippen LogP contribution in [0.5, 0.6) is 0 Å². The molecule has 2 heteroatoms. The van der Waals surface area contributed by atoms with Crippen LogP contribution in [0.2, 0.25) is 0 Å². The molecule has 0 amide bonds. The third-order valence-corrected chi connectivity index (χ3v) is 1.58. The molecule has 1 aromatic rings. The first-order valence-corrected chi connectivity index (χ1v) is 3.54. The first kappa shape index (κ1) is 8.26. The van der Waals surface area contributed by atoms with Crippen molar-refractivity contribution >= 4 is 11.4 Å². The van der Waals surface area contributed by atoms with Gasteiger partial charge in [-0.3, -0.25) is 5.41 Å². The van der Waals surface area contributed by atoms with Gasteiger partial charge in [-0.05, 0) is 12.8 Å². The molecule has 0 radical (unpaired) electrons. The topological polar surface area (TPSA) is 47.6 Å². The van der Waals surface area contributed by atoms with Gasteiger partial charge in [-0.1, -0.05) is 29.8 Å². The normalized spacial score (nSPS) is 8.33. The highest BCUT2D eigenvalue weighted by Crippen LogP contribution is 2.10. The van der Waals surface area contributed by atoms with Gasteiger partial charge in [0, 0.05) is 5.56 Å². The Kier molecular flexibility index (Phi) is 2.42. The van der Waals surface area contributed by atoms with Crippen molar-refractivity contribution in [1.82, 2.24) is 0 Å². The molecule has 0 spiro atoms. The van der Waals surface area contributed by atoms with Gasteiger partial charge in [0.2, 0.25) is 0 Å². The molecule has 0 saturated heterocycles. The lowest BCUT2D eigenvalue weighted by Crippen LogP contribution is -1.81. The van der Waals surface area contributed by atoms with E-state index in [1.54, 1.807) is 0 Å². The Morgan fingerprint density at radius 2 is 1.92 bits per heavy atom. The van der Waals surface area contributed by atoms with Gasteiger partial charge in [0.1, 0.15) is 11.6 Å². The molecule has 0 unspecified atom stereocenters. The summed E-state index contributed by atoms with van der Waals surface area (Å²) < 4.78 is 0. The van der Waals surface area contributed by atoms with Crippen LogP contribution in [0.3, 0.4) is 0 Å². The van der Waals surface area contributed by atoms with Crippen LogP contribution in [0.4, 0.5) is 0 Å². The molecule has 0 atom stereocenters. The Morgan fingerprint density at radius 1 is 1.33 bits per heavy atom. The van der Waals surface area contributed by atoms with Crippen LogP contribution in [0.25, 0.3) is 5.57 Å². The van der Waals surface area contributed by atoms with Gasteiger partial charge in [-0.15, -0.1) is 0 Å². The molecule has 0 aliphatic heterocycles. The molecule has 0 aromatic heterocycles. The summed E-state index contributed by atoms with van der Waals surface area (Å²) in [5.74, 6) is 2.09. The number of nitrogens with one attached hydrogen (secondary N) is 1. The summed E-state index contributed by atoms with van der Waals surface area (Å²) in [4.78, 5) is 0. The second kappa shape index (κ2) is 3.52. The zero-order valence-corrected chi connectivity index (χ0v) is 6.76. The first-order valence-electron chi connectivity index (χ1n) is 3.54. The van der Waals surface area contributed by atoms with Gasteiger partial charge in [0.05, 0.1) is 0 Å². The Morgan fingerprint density at radius 3 is 2.33 bits per heavy atom. The molecule has 1 aromatic carbocycles. The predicted molar refractivity (Wildman–Crippen MR) is 47.9 cm³/mol. The SMILES string of the molecule is Cc1ccc(C(=C=N)C#N)cc1. The van der Waals surface area contributed by atoms with E-state index >= 15 is 0 Å². The lowest BCUT2D eigenvalue weighted by atomic mass is 10.1. The number of benzene rings is 1. The molecule has 0 aliphatic carbocycles. The van der Waals surface area contributed by atoms with Crippen LogP contribution in [0, 0.1) is 23.7 Å². The third-order valence-electron chi connectivity index (χ3n) is 1.58. The molecular weight excluding hydrogens is 148 g/mol. The van der Waals surface area contributed by atoms with Crippen molar-refractivity contribution in [3.05, 3.63) is 35.4 Å². The summed E-state index contributed by atoms with van der Waals surface area (Å²) >= 11 is 0. The second-order valence-electron chi connectivity index (χ2n) is 2.48. The molecule has 0 saturated carbocycles. The van der Waals surface area contributed by atoms with Crippen LogP contribution in [0.1, 0.15) is 11.1 Å². The van der Waals surface area contributed by atoms with E-state index in [0.717, 1.165) is 11.1 Å². The number of allylic oxidation sites excluding steroid dienone is 1. The Balaban J connectivity index is 3.15. The van der Waals surface area contributed by atoms with Crippen molar-refractivity contribution in [2.45, 2.75) is 6.92 Å². The van der Waals surface area contributed by atoms with E-state index < -0.39 is 0 Å². The molecule has 12 heavy (non-hydrogen) atoms. The second-order valence-corrected chi connectivity index (χ2v) is 2.48. The van der Waals surface area contributed by atoms with Crippen molar-refractivity contribution in [2.24, 2.45) is 0 Å². The van der Waals surface area contributed by atoms with Crippen molar-refractivity contribution in [1.29, 1.82) is 10.7 Å². The van der Waals surface area contributed by atoms with E-state index in [0.29, 0.717) is 0 Å². The lowest BCUT2D eigenvalue weighted by Gasteiger charge is -1.95. The van der Waals surface area contributed by atoms with Gasteiger partial charge in [-0.25, -0.2) is 0 Å². The van der Waals surface area contributed by atoms with E-state index in [1.165, 1.54) is 0 Å². The van der Waals surface area contributed by atoms with E-state index in [9.17, 15) is 0 Å². The molecule has 0 bridgehead atoms. The Hall–Kier alpha value is -1.84. The molecule has 0 fully saturated rings. The van der Waals surface area contributed by atoms with Crippen molar-refractivity contribution < 1.29 is 0 Å². The average molecular weight is 156 g/mol. The average Bonchev–Trinajstić information content (AvgIpc) is 2.10. The zero-order valence-electron chi connectivity index (χ0n) is 6.76. The van der Waals surface area contributed by atoms with E-state index in [-0.39, 0.29) is 5.57 Å². The van der Waals surface area contributed by atoms with Gasteiger partial charge in [0.25, 0.3) is 0 Å². The molecular formula is C10H8N2. The lowest BCUT2D eigenvalue weighted by molar-refractivity contribution is 1.45. The van der Waals surface area contributed by atoms with E-state index in [2.05, 4.69) is 5.87 Å². The summed E-state index contributed by atoms with van der Waals surface area (Å²) in [6.45, 7) is 1.98. The van der Waals surface area contributed by atoms with Crippen molar-refractivity contribution in [3.8, 4) is 6.07 Å². The number of rotatable bonds is 1. The molecule has 1 rings (SSSR count). The number of nitrogens with zero attached hydrogens (tertiary/aromatic N) is 1. The summed E-state index contributed by atoms with van der Waals surface area (Å²) in [5.41, 5.74) is 2.16. The minimum Gasteiger partial charge on any atom is -0.258 e. The standard InChI is InChI=1S/C10H8N2/c1-8-2-4-9(5-3-8)10(6-11)7-12/h2-5,11H,1H3. The highest BCUT2D eigenvalue weighted by atomic mass is 14.3. The van der Waals surface area contributed by atoms with Crippen LogP contribution in [-0.2, 0) is 0 Å². The fourth-order valence-electron chi connectivity index (χ4n) is 0.885. The highest BCUT2D eigenvalue weighted by molar-refractivity contribution is 5.96. The third kappa shape index (κ3) is 1.60. The Labute approximate surface area is 71.3 Å². The molecule has 1 N–H and O–H groups in total. The largest absolute Gasteiger partial charge is 0.258 e. The molecule has 0 heterocycles. The van der Waals surface area contributed by atoms with Crippen LogP contribution >= 0.6 is 0 Å². The van der Waals surface area contributed by atoms with E-state index in [1.807, 2.05) is 37.3 Å². The van der Waals surface area contributed by atoms with E-state index in [4.69, 9.17) is 10.7 Å². The summed E-state index contributed by atoms with van der Waals surface area (Å²) in [7, 11) is 0. The zero-order chi connectivity index (χ0) is 8.97. The van der Waals surface area contributed by atoms with Crippen LogP contribution in [0.15, 0.2) is 24.3 Å². The maximum Gasteiger partial charge on any atom is 0.120 e.